The second kappa shape index (κ2) is 6.83. The molecule has 0 fully saturated rings. The molecule has 2 heterocycles. The third-order valence-corrected chi connectivity index (χ3v) is 5.98. The molecule has 27 heavy (non-hydrogen) atoms. The molecule has 136 valence electrons. The lowest BCUT2D eigenvalue weighted by Crippen LogP contribution is -2.05. The van der Waals surface area contributed by atoms with Gasteiger partial charge in [0.15, 0.2) is 0 Å². The molecule has 0 atom stereocenters. The Morgan fingerprint density at radius 1 is 1.22 bits per heavy atom. The summed E-state index contributed by atoms with van der Waals surface area (Å²) in [6, 6.07) is 11.9. The highest BCUT2D eigenvalue weighted by Crippen LogP contribution is 2.43. The summed E-state index contributed by atoms with van der Waals surface area (Å²) in [6.45, 7) is 1.98. The van der Waals surface area contributed by atoms with E-state index in [2.05, 4.69) is 9.98 Å². The quantitative estimate of drug-likeness (QED) is 0.464. The highest BCUT2D eigenvalue weighted by molar-refractivity contribution is 7.17. The van der Waals surface area contributed by atoms with Gasteiger partial charge in [-0.3, -0.25) is 9.79 Å². The molecule has 0 unspecified atom stereocenters. The highest BCUT2D eigenvalue weighted by Gasteiger charge is 2.19. The fraction of sp³-hybridized carbons (Fsp3) is 0.143. The van der Waals surface area contributed by atoms with E-state index in [1.54, 1.807) is 20.2 Å². The fourth-order valence-electron chi connectivity index (χ4n) is 3.33. The number of aromatic amines is 1. The van der Waals surface area contributed by atoms with Gasteiger partial charge in [-0.25, -0.2) is 0 Å². The molecule has 0 aliphatic carbocycles. The van der Waals surface area contributed by atoms with E-state index in [0.29, 0.717) is 21.0 Å². The van der Waals surface area contributed by atoms with Gasteiger partial charge in [-0.05, 0) is 29.5 Å². The van der Waals surface area contributed by atoms with E-state index in [9.17, 15) is 4.79 Å². The Morgan fingerprint density at radius 2 is 1.96 bits per heavy atom. The van der Waals surface area contributed by atoms with Crippen LogP contribution in [0.25, 0.3) is 32.1 Å². The van der Waals surface area contributed by atoms with Gasteiger partial charge in [-0.15, -0.1) is 11.3 Å². The minimum Gasteiger partial charge on any atom is -0.496 e. The van der Waals surface area contributed by atoms with E-state index >= 15 is 0 Å². The fourth-order valence-corrected chi connectivity index (χ4v) is 4.36. The van der Waals surface area contributed by atoms with Crippen LogP contribution in [-0.4, -0.2) is 24.9 Å². The molecule has 0 radical (unpaired) electrons. The van der Waals surface area contributed by atoms with Gasteiger partial charge in [0.05, 0.1) is 17.6 Å². The number of hydrogen-bond acceptors (Lipinski definition) is 4. The molecule has 2 aromatic carbocycles. The largest absolute Gasteiger partial charge is 0.496 e. The summed E-state index contributed by atoms with van der Waals surface area (Å²) in [6.07, 6.45) is 0. The molecule has 2 aromatic heterocycles. The molecule has 1 N–H and O–H groups in total. The molecule has 6 heteroatoms. The van der Waals surface area contributed by atoms with Gasteiger partial charge in [-0.1, -0.05) is 35.9 Å². The van der Waals surface area contributed by atoms with Crippen LogP contribution in [0.1, 0.15) is 12.5 Å². The van der Waals surface area contributed by atoms with Crippen molar-refractivity contribution in [1.29, 1.82) is 0 Å². The number of benzene rings is 2. The third-order valence-electron chi connectivity index (χ3n) is 4.77. The average Bonchev–Trinajstić information content (AvgIpc) is 3.18. The number of ether oxygens (including phenoxy) is 1. The van der Waals surface area contributed by atoms with Crippen molar-refractivity contribution in [3.05, 3.63) is 62.7 Å². The maximum absolute atomic E-state index is 12.4. The number of thiophene rings is 1. The maximum Gasteiger partial charge on any atom is 0.266 e. The zero-order valence-corrected chi connectivity index (χ0v) is 16.7. The van der Waals surface area contributed by atoms with Crippen LogP contribution in [0.2, 0.25) is 5.02 Å². The summed E-state index contributed by atoms with van der Waals surface area (Å²) in [5, 5.41) is 4.15. The molecule has 0 aliphatic heterocycles. The van der Waals surface area contributed by atoms with Crippen LogP contribution >= 0.6 is 22.9 Å². The number of hydrogen-bond donors (Lipinski definition) is 1. The maximum atomic E-state index is 12.4. The summed E-state index contributed by atoms with van der Waals surface area (Å²) in [5.41, 5.74) is 4.43. The monoisotopic (exact) mass is 396 g/mol. The van der Waals surface area contributed by atoms with Crippen molar-refractivity contribution >= 4 is 49.6 Å². The molecule has 0 spiro atoms. The van der Waals surface area contributed by atoms with Gasteiger partial charge in [0.2, 0.25) is 0 Å². The smallest absolute Gasteiger partial charge is 0.266 e. The molecule has 4 aromatic rings. The van der Waals surface area contributed by atoms with E-state index in [1.807, 2.05) is 42.6 Å². The number of nitrogens with one attached hydrogen (secondary N) is 1. The lowest BCUT2D eigenvalue weighted by molar-refractivity contribution is 0.417. The Morgan fingerprint density at radius 3 is 2.63 bits per heavy atom. The summed E-state index contributed by atoms with van der Waals surface area (Å²) in [7, 11) is 3.41. The first-order valence-corrected chi connectivity index (χ1v) is 9.64. The predicted molar refractivity (Wildman–Crippen MR) is 115 cm³/mol. The van der Waals surface area contributed by atoms with Gasteiger partial charge >= 0.3 is 0 Å². The Balaban J connectivity index is 2.11. The predicted octanol–water partition coefficient (Wildman–Crippen LogP) is 5.51. The lowest BCUT2D eigenvalue weighted by atomic mass is 9.96. The van der Waals surface area contributed by atoms with Crippen LogP contribution in [0.3, 0.4) is 0 Å². The zero-order chi connectivity index (χ0) is 19.1. The van der Waals surface area contributed by atoms with Gasteiger partial charge in [0.1, 0.15) is 10.4 Å². The average molecular weight is 397 g/mol. The van der Waals surface area contributed by atoms with Gasteiger partial charge in [0, 0.05) is 35.2 Å². The minimum absolute atomic E-state index is 0.129. The Labute approximate surface area is 165 Å². The van der Waals surface area contributed by atoms with Gasteiger partial charge in [0.25, 0.3) is 5.56 Å². The number of rotatable bonds is 3. The number of aliphatic imine (C=N–C) groups is 1. The summed E-state index contributed by atoms with van der Waals surface area (Å²) in [5.74, 6) is 0.667. The molecular weight excluding hydrogens is 380 g/mol. The topological polar surface area (TPSA) is 54.4 Å². The Kier molecular flexibility index (Phi) is 4.50. The van der Waals surface area contributed by atoms with Crippen LogP contribution < -0.4 is 10.3 Å². The molecule has 4 nitrogen and oxygen atoms in total. The molecule has 0 saturated heterocycles. The van der Waals surface area contributed by atoms with Crippen molar-refractivity contribution in [3.8, 4) is 16.9 Å². The van der Waals surface area contributed by atoms with Crippen LogP contribution in [0, 0.1) is 0 Å². The normalized spacial score (nSPS) is 12.1. The van der Waals surface area contributed by atoms with Crippen LogP contribution in [0.4, 0.5) is 0 Å². The van der Waals surface area contributed by atoms with Crippen molar-refractivity contribution in [3.63, 3.8) is 0 Å². The second-order valence-electron chi connectivity index (χ2n) is 6.19. The SMILES string of the molecule is CN=C(C)c1ccc(-c2c(OC)cc(Cl)c3[nH]c(=O)c4sccc4c23)cc1. The first-order valence-electron chi connectivity index (χ1n) is 8.39. The third kappa shape index (κ3) is 2.83. The van der Waals surface area contributed by atoms with E-state index in [4.69, 9.17) is 16.3 Å². The van der Waals surface area contributed by atoms with Crippen molar-refractivity contribution in [2.75, 3.05) is 14.2 Å². The molecule has 0 bridgehead atoms. The number of aromatic nitrogens is 1. The van der Waals surface area contributed by atoms with Gasteiger partial charge in [-0.2, -0.15) is 0 Å². The number of pyridine rings is 1. The minimum atomic E-state index is -0.129. The van der Waals surface area contributed by atoms with Crippen molar-refractivity contribution in [2.24, 2.45) is 4.99 Å². The molecule has 0 amide bonds. The number of methoxy groups -OCH3 is 1. The first-order chi connectivity index (χ1) is 13.0. The number of fused-ring (bicyclic) bond motifs is 3. The van der Waals surface area contributed by atoms with E-state index in [0.717, 1.165) is 33.2 Å². The van der Waals surface area contributed by atoms with E-state index in [1.165, 1.54) is 11.3 Å². The second-order valence-corrected chi connectivity index (χ2v) is 7.51. The van der Waals surface area contributed by atoms with Crippen LogP contribution in [0.15, 0.2) is 51.6 Å². The number of nitrogens with zero attached hydrogens (tertiary/aromatic N) is 1. The summed E-state index contributed by atoms with van der Waals surface area (Å²) < 4.78 is 6.33. The molecule has 0 saturated carbocycles. The Hall–Kier alpha value is -2.63. The van der Waals surface area contributed by atoms with Crippen molar-refractivity contribution in [2.45, 2.75) is 6.92 Å². The van der Waals surface area contributed by atoms with Gasteiger partial charge < -0.3 is 9.72 Å². The van der Waals surface area contributed by atoms with Crippen molar-refractivity contribution in [1.82, 2.24) is 4.98 Å². The van der Waals surface area contributed by atoms with Crippen molar-refractivity contribution < 1.29 is 4.74 Å². The van der Waals surface area contributed by atoms with Crippen LogP contribution in [-0.2, 0) is 0 Å². The van der Waals surface area contributed by atoms with E-state index < -0.39 is 0 Å². The highest BCUT2D eigenvalue weighted by atomic mass is 35.5. The molecule has 4 rings (SSSR count). The molecular formula is C21H17ClN2O2S. The number of H-pyrrole nitrogens is 1. The summed E-state index contributed by atoms with van der Waals surface area (Å²) >= 11 is 7.88. The van der Waals surface area contributed by atoms with Crippen LogP contribution in [0.5, 0.6) is 5.75 Å². The standard InChI is InChI=1S/C21H17ClN2O2S/c1-11(23-2)12-4-6-13(7-5-12)17-16(26-3)10-15(22)19-18(17)14-8-9-27-20(14)21(25)24-19/h4-10H,1-3H3,(H,24,25). The lowest BCUT2D eigenvalue weighted by Gasteiger charge is -2.15. The first kappa shape index (κ1) is 17.8. The number of halogens is 1. The zero-order valence-electron chi connectivity index (χ0n) is 15.1. The van der Waals surface area contributed by atoms with E-state index in [-0.39, 0.29) is 5.56 Å². The summed E-state index contributed by atoms with van der Waals surface area (Å²) in [4.78, 5) is 19.6. The Bertz CT molecular complexity index is 1250. The molecule has 0 aliphatic rings.